The maximum atomic E-state index is 13.2. The lowest BCUT2D eigenvalue weighted by Crippen LogP contribution is -2.50. The minimum absolute atomic E-state index is 0.00197. The summed E-state index contributed by atoms with van der Waals surface area (Å²) in [6.45, 7) is 4.83. The molecule has 11 heteroatoms. The first-order valence-corrected chi connectivity index (χ1v) is 12.3. The zero-order valence-corrected chi connectivity index (χ0v) is 20.6. The Labute approximate surface area is 213 Å². The van der Waals surface area contributed by atoms with Gasteiger partial charge in [0.05, 0.1) is 17.1 Å². The first-order chi connectivity index (χ1) is 17.6. The van der Waals surface area contributed by atoms with E-state index in [4.69, 9.17) is 9.47 Å². The van der Waals surface area contributed by atoms with Crippen molar-refractivity contribution in [2.24, 2.45) is 0 Å². The summed E-state index contributed by atoms with van der Waals surface area (Å²) in [5, 5.41) is 10.9. The number of nitro benzene ring substituents is 1. The average Bonchev–Trinajstić information content (AvgIpc) is 2.88. The molecule has 1 amide bonds. The first kappa shape index (κ1) is 26.7. The van der Waals surface area contributed by atoms with Gasteiger partial charge in [-0.25, -0.2) is 0 Å². The number of piperazine rings is 1. The predicted octanol–water partition coefficient (Wildman–Crippen LogP) is 4.98. The van der Waals surface area contributed by atoms with Crippen molar-refractivity contribution in [3.8, 4) is 5.75 Å². The van der Waals surface area contributed by atoms with Gasteiger partial charge in [-0.15, -0.1) is 0 Å². The molecule has 2 aromatic rings. The van der Waals surface area contributed by atoms with Gasteiger partial charge in [-0.2, -0.15) is 13.2 Å². The van der Waals surface area contributed by atoms with E-state index < -0.39 is 22.4 Å². The zero-order chi connectivity index (χ0) is 26.6. The summed E-state index contributed by atoms with van der Waals surface area (Å²) in [5.74, 6) is -0.102. The molecular weight excluding hydrogens is 491 g/mol. The normalized spacial score (nSPS) is 20.5. The summed E-state index contributed by atoms with van der Waals surface area (Å²) in [6.07, 6.45) is -2.99. The van der Waals surface area contributed by atoms with E-state index in [0.717, 1.165) is 24.8 Å². The third kappa shape index (κ3) is 6.91. The number of anilines is 1. The van der Waals surface area contributed by atoms with E-state index in [9.17, 15) is 28.1 Å². The minimum atomic E-state index is -4.85. The Morgan fingerprint density at radius 1 is 1.00 bits per heavy atom. The van der Waals surface area contributed by atoms with Gasteiger partial charge in [-0.1, -0.05) is 17.7 Å². The molecule has 2 aromatic carbocycles. The van der Waals surface area contributed by atoms with Crippen LogP contribution >= 0.6 is 0 Å². The monoisotopic (exact) mass is 521 g/mol. The van der Waals surface area contributed by atoms with Crippen LogP contribution in [0.4, 0.5) is 24.5 Å². The molecule has 200 valence electrons. The second-order valence-electron chi connectivity index (χ2n) is 9.46. The smallest absolute Gasteiger partial charge is 0.423 e. The van der Waals surface area contributed by atoms with Crippen LogP contribution in [0.15, 0.2) is 42.5 Å². The summed E-state index contributed by atoms with van der Waals surface area (Å²) < 4.78 is 51.1. The zero-order valence-electron chi connectivity index (χ0n) is 20.6. The van der Waals surface area contributed by atoms with Gasteiger partial charge in [0, 0.05) is 37.9 Å². The fraction of sp³-hybridized carbons (Fsp3) is 0.500. The van der Waals surface area contributed by atoms with Crippen LogP contribution in [0, 0.1) is 17.0 Å². The quantitative estimate of drug-likeness (QED) is 0.378. The molecule has 0 aromatic heterocycles. The number of ether oxygens (including phenoxy) is 2. The summed E-state index contributed by atoms with van der Waals surface area (Å²) >= 11 is 0. The van der Waals surface area contributed by atoms with Crippen molar-refractivity contribution < 1.29 is 32.4 Å². The Bertz CT molecular complexity index is 1090. The van der Waals surface area contributed by atoms with E-state index in [1.54, 1.807) is 0 Å². The molecule has 8 nitrogen and oxygen atoms in total. The molecule has 1 heterocycles. The van der Waals surface area contributed by atoms with Crippen LogP contribution in [0.3, 0.4) is 0 Å². The number of hydrogen-bond donors (Lipinski definition) is 0. The Morgan fingerprint density at radius 3 is 2.22 bits per heavy atom. The van der Waals surface area contributed by atoms with Gasteiger partial charge in [0.25, 0.3) is 5.69 Å². The number of nitrogens with zero attached hydrogens (tertiary/aromatic N) is 3. The Kier molecular flexibility index (Phi) is 8.21. The van der Waals surface area contributed by atoms with E-state index >= 15 is 0 Å². The van der Waals surface area contributed by atoms with Gasteiger partial charge >= 0.3 is 6.18 Å². The third-order valence-corrected chi connectivity index (χ3v) is 6.87. The highest BCUT2D eigenvalue weighted by atomic mass is 19.4. The molecule has 37 heavy (non-hydrogen) atoms. The summed E-state index contributed by atoms with van der Waals surface area (Å²) in [6, 6.07) is 11.0. The van der Waals surface area contributed by atoms with Crippen LogP contribution in [0.2, 0.25) is 0 Å². The maximum Gasteiger partial charge on any atom is 0.423 e. The van der Waals surface area contributed by atoms with E-state index in [0.29, 0.717) is 44.8 Å². The number of hydrogen-bond acceptors (Lipinski definition) is 6. The maximum absolute atomic E-state index is 13.2. The lowest BCUT2D eigenvalue weighted by Gasteiger charge is -2.36. The summed E-state index contributed by atoms with van der Waals surface area (Å²) in [4.78, 5) is 26.6. The number of amides is 1. The Hall–Kier alpha value is -3.34. The van der Waals surface area contributed by atoms with E-state index in [-0.39, 0.29) is 30.5 Å². The number of carbonyl (C=O) groups excluding carboxylic acids is 1. The predicted molar refractivity (Wildman–Crippen MR) is 131 cm³/mol. The van der Waals surface area contributed by atoms with Crippen molar-refractivity contribution in [1.82, 2.24) is 4.90 Å². The molecule has 0 unspecified atom stereocenters. The number of alkyl halides is 3. The van der Waals surface area contributed by atoms with E-state index in [2.05, 4.69) is 29.2 Å². The van der Waals surface area contributed by atoms with Crippen molar-refractivity contribution >= 4 is 17.3 Å². The van der Waals surface area contributed by atoms with Crippen molar-refractivity contribution in [2.75, 3.05) is 37.7 Å². The molecule has 0 atom stereocenters. The van der Waals surface area contributed by atoms with E-state index in [1.165, 1.54) is 11.6 Å². The van der Waals surface area contributed by atoms with Crippen molar-refractivity contribution in [3.63, 3.8) is 0 Å². The largest absolute Gasteiger partial charge is 0.490 e. The van der Waals surface area contributed by atoms with Crippen LogP contribution in [0.1, 0.15) is 36.8 Å². The Balaban J connectivity index is 1.20. The first-order valence-electron chi connectivity index (χ1n) is 12.3. The minimum Gasteiger partial charge on any atom is -0.490 e. The molecule has 0 spiro atoms. The second kappa shape index (κ2) is 11.4. The fourth-order valence-corrected chi connectivity index (χ4v) is 4.73. The molecule has 2 fully saturated rings. The third-order valence-electron chi connectivity index (χ3n) is 6.87. The summed E-state index contributed by atoms with van der Waals surface area (Å²) in [7, 11) is 0. The Morgan fingerprint density at radius 2 is 1.62 bits per heavy atom. The van der Waals surface area contributed by atoms with Gasteiger partial charge in [0.1, 0.15) is 17.9 Å². The fourth-order valence-electron chi connectivity index (χ4n) is 4.73. The van der Waals surface area contributed by atoms with Gasteiger partial charge in [-0.3, -0.25) is 14.9 Å². The molecule has 2 aliphatic rings. The average molecular weight is 522 g/mol. The molecule has 0 N–H and O–H groups in total. The number of carbonyl (C=O) groups is 1. The van der Waals surface area contributed by atoms with Gasteiger partial charge in [0.15, 0.2) is 0 Å². The van der Waals surface area contributed by atoms with Crippen LogP contribution in [0.25, 0.3) is 0 Å². The highest BCUT2D eigenvalue weighted by molar-refractivity contribution is 5.77. The molecule has 1 saturated heterocycles. The highest BCUT2D eigenvalue weighted by Gasteiger charge is 2.39. The van der Waals surface area contributed by atoms with Crippen molar-refractivity contribution in [1.29, 1.82) is 0 Å². The molecule has 1 aliphatic heterocycles. The number of rotatable bonds is 7. The molecule has 1 saturated carbocycles. The number of benzene rings is 2. The number of nitro groups is 1. The van der Waals surface area contributed by atoms with Crippen LogP contribution < -0.4 is 9.64 Å². The van der Waals surface area contributed by atoms with Gasteiger partial charge in [-0.05, 0) is 56.9 Å². The summed E-state index contributed by atoms with van der Waals surface area (Å²) in [5.41, 5.74) is 0.0250. The van der Waals surface area contributed by atoms with Crippen molar-refractivity contribution in [2.45, 2.75) is 51.0 Å². The lowest BCUT2D eigenvalue weighted by molar-refractivity contribution is -0.388. The number of halogens is 3. The highest BCUT2D eigenvalue weighted by Crippen LogP contribution is 2.38. The van der Waals surface area contributed by atoms with Gasteiger partial charge < -0.3 is 19.3 Å². The van der Waals surface area contributed by atoms with Crippen LogP contribution in [-0.4, -0.2) is 60.7 Å². The van der Waals surface area contributed by atoms with Crippen LogP contribution in [-0.2, 0) is 15.7 Å². The SMILES string of the molecule is Cc1ccc(N2CCN(C(=O)COC3CCC(Oc4ccc([N+](=O)[O-])c(C(F)(F)F)c4)CC3)CC2)cc1. The topological polar surface area (TPSA) is 85.2 Å². The number of aryl methyl sites for hydroxylation is 1. The van der Waals surface area contributed by atoms with E-state index in [1.807, 2.05) is 11.8 Å². The molecular formula is C26H30F3N3O5. The molecule has 0 radical (unpaired) electrons. The molecule has 4 rings (SSSR count). The lowest BCUT2D eigenvalue weighted by atomic mass is 9.95. The van der Waals surface area contributed by atoms with Gasteiger partial charge in [0.2, 0.25) is 5.91 Å². The molecule has 0 bridgehead atoms. The standard InChI is InChI=1S/C26H30F3N3O5/c1-18-2-4-19(5-3-18)30-12-14-31(15-13-30)25(33)17-36-20-6-8-21(9-7-20)37-22-10-11-24(32(34)35)23(16-22)26(27,28)29/h2-5,10-11,16,20-21H,6-9,12-15,17H2,1H3. The van der Waals surface area contributed by atoms with Crippen molar-refractivity contribution in [3.05, 3.63) is 63.7 Å². The van der Waals surface area contributed by atoms with Crippen LogP contribution in [0.5, 0.6) is 5.75 Å². The molecule has 1 aliphatic carbocycles. The second-order valence-corrected chi connectivity index (χ2v) is 9.46.